The Morgan fingerprint density at radius 1 is 1.47 bits per heavy atom. The summed E-state index contributed by atoms with van der Waals surface area (Å²) >= 11 is 0. The Balaban J connectivity index is 1.98. The molecule has 1 unspecified atom stereocenters. The van der Waals surface area contributed by atoms with Gasteiger partial charge < -0.3 is 14.5 Å². The summed E-state index contributed by atoms with van der Waals surface area (Å²) in [7, 11) is 1.51. The van der Waals surface area contributed by atoms with E-state index in [1.54, 1.807) is 18.2 Å². The van der Waals surface area contributed by atoms with Gasteiger partial charge in [0, 0.05) is 13.7 Å². The maximum Gasteiger partial charge on any atom is 0.254 e. The third kappa shape index (κ3) is 3.42. The average molecular weight is 263 g/mol. The van der Waals surface area contributed by atoms with Gasteiger partial charge in [0.25, 0.3) is 5.91 Å². The average Bonchev–Trinajstić information content (AvgIpc) is 2.93. The second-order valence-corrected chi connectivity index (χ2v) is 4.00. The number of benzene rings is 1. The number of furan rings is 1. The minimum Gasteiger partial charge on any atom is -0.472 e. The monoisotopic (exact) mass is 263 g/mol. The van der Waals surface area contributed by atoms with Gasteiger partial charge in [0.05, 0.1) is 17.9 Å². The molecule has 1 aromatic heterocycles. The maximum absolute atomic E-state index is 13.1. The maximum atomic E-state index is 13.1. The lowest BCUT2D eigenvalue weighted by molar-refractivity contribution is 0.0826. The molecule has 0 saturated carbocycles. The Morgan fingerprint density at radius 2 is 2.32 bits per heavy atom. The lowest BCUT2D eigenvalue weighted by atomic mass is 10.1. The second-order valence-electron chi connectivity index (χ2n) is 4.00. The summed E-state index contributed by atoms with van der Waals surface area (Å²) in [6.45, 7) is 0.254. The Hall–Kier alpha value is -2.14. The van der Waals surface area contributed by atoms with E-state index in [1.165, 1.54) is 31.8 Å². The normalized spacial score (nSPS) is 12.1. The molecule has 0 bridgehead atoms. The summed E-state index contributed by atoms with van der Waals surface area (Å²) in [5, 5.41) is 2.71. The van der Waals surface area contributed by atoms with Gasteiger partial charge in [-0.15, -0.1) is 0 Å². The number of nitrogens with one attached hydrogen (secondary N) is 1. The van der Waals surface area contributed by atoms with Gasteiger partial charge in [-0.3, -0.25) is 4.79 Å². The number of hydrogen-bond acceptors (Lipinski definition) is 3. The van der Waals surface area contributed by atoms with Crippen molar-refractivity contribution in [3.8, 4) is 0 Å². The van der Waals surface area contributed by atoms with E-state index in [4.69, 9.17) is 9.15 Å². The first-order chi connectivity index (χ1) is 9.20. The molecule has 1 N–H and O–H groups in total. The van der Waals surface area contributed by atoms with Crippen LogP contribution in [0.15, 0.2) is 47.3 Å². The number of hydrogen-bond donors (Lipinski definition) is 1. The van der Waals surface area contributed by atoms with Gasteiger partial charge in [-0.25, -0.2) is 4.39 Å². The van der Waals surface area contributed by atoms with Crippen molar-refractivity contribution in [2.24, 2.45) is 0 Å². The third-order valence-electron chi connectivity index (χ3n) is 2.74. The number of halogens is 1. The molecule has 0 fully saturated rings. The molecule has 0 aliphatic carbocycles. The number of rotatable bonds is 5. The summed E-state index contributed by atoms with van der Waals surface area (Å²) in [4.78, 5) is 11.7. The number of carbonyl (C=O) groups excluding carboxylic acids is 1. The van der Waals surface area contributed by atoms with Crippen molar-refractivity contribution in [3.63, 3.8) is 0 Å². The Kier molecular flexibility index (Phi) is 4.30. The fraction of sp³-hybridized carbons (Fsp3) is 0.214. The van der Waals surface area contributed by atoms with E-state index >= 15 is 0 Å². The highest BCUT2D eigenvalue weighted by atomic mass is 19.1. The molecule has 100 valence electrons. The van der Waals surface area contributed by atoms with E-state index < -0.39 is 6.10 Å². The molecule has 0 saturated heterocycles. The first kappa shape index (κ1) is 13.3. The fourth-order valence-corrected chi connectivity index (χ4v) is 1.73. The Labute approximate surface area is 110 Å². The molecule has 4 nitrogen and oxygen atoms in total. The quantitative estimate of drug-likeness (QED) is 0.901. The lowest BCUT2D eigenvalue weighted by Crippen LogP contribution is -2.28. The molecule has 1 atom stereocenters. The highest BCUT2D eigenvalue weighted by Gasteiger charge is 2.14. The van der Waals surface area contributed by atoms with Crippen LogP contribution in [0.3, 0.4) is 0 Å². The standard InChI is InChI=1S/C14H14FNO3/c1-18-13(10-3-2-4-12(15)7-10)8-16-14(17)11-5-6-19-9-11/h2-7,9,13H,8H2,1H3,(H,16,17). The van der Waals surface area contributed by atoms with Crippen molar-refractivity contribution < 1.29 is 18.3 Å². The molecule has 2 rings (SSSR count). The number of methoxy groups -OCH3 is 1. The van der Waals surface area contributed by atoms with Gasteiger partial charge in [0.15, 0.2) is 0 Å². The van der Waals surface area contributed by atoms with Crippen LogP contribution in [0.4, 0.5) is 4.39 Å². The Morgan fingerprint density at radius 3 is 2.95 bits per heavy atom. The first-order valence-electron chi connectivity index (χ1n) is 5.79. The van der Waals surface area contributed by atoms with E-state index in [9.17, 15) is 9.18 Å². The topological polar surface area (TPSA) is 51.5 Å². The van der Waals surface area contributed by atoms with Gasteiger partial charge in [0.2, 0.25) is 0 Å². The predicted molar refractivity (Wildman–Crippen MR) is 67.2 cm³/mol. The van der Waals surface area contributed by atoms with Crippen LogP contribution in [0.1, 0.15) is 22.0 Å². The van der Waals surface area contributed by atoms with Crippen molar-refractivity contribution in [3.05, 3.63) is 59.8 Å². The van der Waals surface area contributed by atoms with Crippen LogP contribution in [0.25, 0.3) is 0 Å². The lowest BCUT2D eigenvalue weighted by Gasteiger charge is -2.16. The van der Waals surface area contributed by atoms with Crippen LogP contribution in [-0.2, 0) is 4.74 Å². The molecule has 0 aliphatic heterocycles. The molecule has 19 heavy (non-hydrogen) atoms. The molecule has 1 amide bonds. The summed E-state index contributed by atoms with van der Waals surface area (Å²) in [5.41, 5.74) is 1.11. The van der Waals surface area contributed by atoms with Gasteiger partial charge in [0.1, 0.15) is 12.1 Å². The molecule has 5 heteroatoms. The van der Waals surface area contributed by atoms with E-state index in [-0.39, 0.29) is 18.3 Å². The molecule has 1 aromatic carbocycles. The molecular weight excluding hydrogens is 249 g/mol. The van der Waals surface area contributed by atoms with Gasteiger partial charge in [-0.1, -0.05) is 12.1 Å². The summed E-state index contributed by atoms with van der Waals surface area (Å²) in [6, 6.07) is 7.67. The highest BCUT2D eigenvalue weighted by molar-refractivity contribution is 5.93. The SMILES string of the molecule is COC(CNC(=O)c1ccoc1)c1cccc(F)c1. The van der Waals surface area contributed by atoms with E-state index in [0.717, 1.165) is 0 Å². The number of amides is 1. The van der Waals surface area contributed by atoms with Crippen molar-refractivity contribution >= 4 is 5.91 Å². The zero-order valence-corrected chi connectivity index (χ0v) is 10.4. The summed E-state index contributed by atoms with van der Waals surface area (Å²) in [5.74, 6) is -0.590. The van der Waals surface area contributed by atoms with Gasteiger partial charge in [-0.2, -0.15) is 0 Å². The molecule has 0 radical (unpaired) electrons. The minimum atomic E-state index is -0.397. The molecule has 0 spiro atoms. The Bertz CT molecular complexity index is 539. The highest BCUT2D eigenvalue weighted by Crippen LogP contribution is 2.16. The smallest absolute Gasteiger partial charge is 0.254 e. The predicted octanol–water partition coefficient (Wildman–Crippen LogP) is 2.54. The van der Waals surface area contributed by atoms with E-state index in [2.05, 4.69) is 5.32 Å². The minimum absolute atomic E-state index is 0.254. The molecule has 1 heterocycles. The van der Waals surface area contributed by atoms with Crippen molar-refractivity contribution in [2.75, 3.05) is 13.7 Å². The van der Waals surface area contributed by atoms with Crippen LogP contribution in [0.2, 0.25) is 0 Å². The third-order valence-corrected chi connectivity index (χ3v) is 2.74. The van der Waals surface area contributed by atoms with Crippen molar-refractivity contribution in [1.29, 1.82) is 0 Å². The second kappa shape index (κ2) is 6.15. The number of carbonyl (C=O) groups is 1. The summed E-state index contributed by atoms with van der Waals surface area (Å²) < 4.78 is 23.2. The van der Waals surface area contributed by atoms with Crippen LogP contribution in [-0.4, -0.2) is 19.6 Å². The van der Waals surface area contributed by atoms with Crippen LogP contribution >= 0.6 is 0 Å². The van der Waals surface area contributed by atoms with E-state index in [1.807, 2.05) is 0 Å². The van der Waals surface area contributed by atoms with Crippen LogP contribution in [0, 0.1) is 5.82 Å². The fourth-order valence-electron chi connectivity index (χ4n) is 1.73. The van der Waals surface area contributed by atoms with Gasteiger partial charge in [-0.05, 0) is 23.8 Å². The first-order valence-corrected chi connectivity index (χ1v) is 5.79. The van der Waals surface area contributed by atoms with Crippen molar-refractivity contribution in [1.82, 2.24) is 5.32 Å². The van der Waals surface area contributed by atoms with E-state index in [0.29, 0.717) is 11.1 Å². The molecular formula is C14H14FNO3. The molecule has 0 aliphatic rings. The van der Waals surface area contributed by atoms with Crippen molar-refractivity contribution in [2.45, 2.75) is 6.10 Å². The number of ether oxygens (including phenoxy) is 1. The summed E-state index contributed by atoms with van der Waals surface area (Å²) in [6.07, 6.45) is 2.39. The van der Waals surface area contributed by atoms with Crippen LogP contribution < -0.4 is 5.32 Å². The zero-order chi connectivity index (χ0) is 13.7. The largest absolute Gasteiger partial charge is 0.472 e. The molecule has 2 aromatic rings. The van der Waals surface area contributed by atoms with Gasteiger partial charge >= 0.3 is 0 Å². The van der Waals surface area contributed by atoms with Crippen LogP contribution in [0.5, 0.6) is 0 Å². The zero-order valence-electron chi connectivity index (χ0n) is 10.4.